The summed E-state index contributed by atoms with van der Waals surface area (Å²) in [5.74, 6) is 0.967. The molecule has 0 aliphatic heterocycles. The van der Waals surface area contributed by atoms with Crippen molar-refractivity contribution in [3.8, 4) is 11.5 Å². The van der Waals surface area contributed by atoms with Crippen molar-refractivity contribution in [1.82, 2.24) is 5.32 Å². The summed E-state index contributed by atoms with van der Waals surface area (Å²) in [6.45, 7) is 1.83. The van der Waals surface area contributed by atoms with E-state index < -0.39 is 10.0 Å². The molecule has 0 saturated carbocycles. The van der Waals surface area contributed by atoms with Crippen molar-refractivity contribution in [3.63, 3.8) is 0 Å². The van der Waals surface area contributed by atoms with E-state index in [2.05, 4.69) is 5.32 Å². The molecule has 0 saturated heterocycles. The van der Waals surface area contributed by atoms with E-state index in [4.69, 9.17) is 9.47 Å². The number of hydrogen-bond acceptors (Lipinski definition) is 5. The maximum absolute atomic E-state index is 12.7. The van der Waals surface area contributed by atoms with Crippen molar-refractivity contribution in [2.45, 2.75) is 13.0 Å². The number of rotatable bonds is 7. The van der Waals surface area contributed by atoms with Crippen molar-refractivity contribution in [1.29, 1.82) is 0 Å². The van der Waals surface area contributed by atoms with Crippen LogP contribution in [0.5, 0.6) is 11.5 Å². The zero-order valence-electron chi connectivity index (χ0n) is 16.0. The standard InChI is InChI=1S/C19H24N2O5S/c1-13(17-12-16(25-3)9-10-18(17)26-4)20-19(22)14-7-6-8-15(11-14)21(2)27(5,23)24/h6-13H,1-5H3,(H,20,22)/t13-/m1/s1. The number of sulfonamides is 1. The lowest BCUT2D eigenvalue weighted by Gasteiger charge is -2.20. The van der Waals surface area contributed by atoms with Crippen LogP contribution in [0.4, 0.5) is 5.69 Å². The number of methoxy groups -OCH3 is 2. The predicted octanol–water partition coefficient (Wildman–Crippen LogP) is 2.59. The minimum Gasteiger partial charge on any atom is -0.497 e. The molecule has 0 aliphatic rings. The van der Waals surface area contributed by atoms with Gasteiger partial charge in [-0.25, -0.2) is 8.42 Å². The molecule has 0 radical (unpaired) electrons. The monoisotopic (exact) mass is 392 g/mol. The molecule has 1 atom stereocenters. The van der Waals surface area contributed by atoms with Crippen LogP contribution in [0.3, 0.4) is 0 Å². The zero-order valence-corrected chi connectivity index (χ0v) is 16.8. The fraction of sp³-hybridized carbons (Fsp3) is 0.316. The number of nitrogens with zero attached hydrogens (tertiary/aromatic N) is 1. The smallest absolute Gasteiger partial charge is 0.251 e. The third-order valence-electron chi connectivity index (χ3n) is 4.22. The number of benzene rings is 2. The molecular formula is C19H24N2O5S. The van der Waals surface area contributed by atoms with Crippen molar-refractivity contribution in [2.75, 3.05) is 31.8 Å². The first-order chi connectivity index (χ1) is 12.7. The Morgan fingerprint density at radius 1 is 1.11 bits per heavy atom. The summed E-state index contributed by atoms with van der Waals surface area (Å²) in [6, 6.07) is 11.4. The van der Waals surface area contributed by atoms with E-state index in [-0.39, 0.29) is 11.9 Å². The minimum absolute atomic E-state index is 0.323. The normalized spacial score (nSPS) is 12.2. The third-order valence-corrected chi connectivity index (χ3v) is 5.43. The average Bonchev–Trinajstić information content (AvgIpc) is 2.66. The predicted molar refractivity (Wildman–Crippen MR) is 105 cm³/mol. The maximum Gasteiger partial charge on any atom is 0.251 e. The molecule has 0 spiro atoms. The van der Waals surface area contributed by atoms with Gasteiger partial charge in [-0.1, -0.05) is 6.07 Å². The van der Waals surface area contributed by atoms with Crippen molar-refractivity contribution in [2.24, 2.45) is 0 Å². The molecule has 2 aromatic rings. The zero-order chi connectivity index (χ0) is 20.2. The number of nitrogens with one attached hydrogen (secondary N) is 1. The summed E-state index contributed by atoms with van der Waals surface area (Å²) in [5, 5.41) is 2.90. The number of carbonyl (C=O) groups is 1. The van der Waals surface area contributed by atoms with Crippen LogP contribution in [0.2, 0.25) is 0 Å². The SMILES string of the molecule is COc1ccc(OC)c([C@@H](C)NC(=O)c2cccc(N(C)S(C)(=O)=O)c2)c1. The first-order valence-electron chi connectivity index (χ1n) is 8.24. The van der Waals surface area contributed by atoms with E-state index in [9.17, 15) is 13.2 Å². The summed E-state index contributed by atoms with van der Waals surface area (Å²) >= 11 is 0. The van der Waals surface area contributed by atoms with Gasteiger partial charge in [0.25, 0.3) is 5.91 Å². The van der Waals surface area contributed by atoms with E-state index in [1.165, 1.54) is 13.1 Å². The molecule has 0 aliphatic carbocycles. The molecular weight excluding hydrogens is 368 g/mol. The molecule has 0 heterocycles. The van der Waals surface area contributed by atoms with Crippen molar-refractivity contribution < 1.29 is 22.7 Å². The summed E-state index contributed by atoms with van der Waals surface area (Å²) < 4.78 is 35.1. The van der Waals surface area contributed by atoms with E-state index in [1.807, 2.05) is 6.92 Å². The summed E-state index contributed by atoms with van der Waals surface area (Å²) in [7, 11) is 1.16. The lowest BCUT2D eigenvalue weighted by atomic mass is 10.1. The van der Waals surface area contributed by atoms with Crippen molar-refractivity contribution >= 4 is 21.6 Å². The van der Waals surface area contributed by atoms with Gasteiger partial charge < -0.3 is 14.8 Å². The quantitative estimate of drug-likeness (QED) is 0.783. The minimum atomic E-state index is -3.41. The highest BCUT2D eigenvalue weighted by Crippen LogP contribution is 2.29. The van der Waals surface area contributed by atoms with Crippen molar-refractivity contribution in [3.05, 3.63) is 53.6 Å². The highest BCUT2D eigenvalue weighted by atomic mass is 32.2. The highest BCUT2D eigenvalue weighted by molar-refractivity contribution is 7.92. The van der Waals surface area contributed by atoms with Gasteiger partial charge in [-0.05, 0) is 43.3 Å². The van der Waals surface area contributed by atoms with E-state index in [0.717, 1.165) is 16.1 Å². The van der Waals surface area contributed by atoms with Gasteiger partial charge in [-0.2, -0.15) is 0 Å². The van der Waals surface area contributed by atoms with Crippen LogP contribution in [-0.4, -0.2) is 41.8 Å². The molecule has 1 amide bonds. The molecule has 0 unspecified atom stereocenters. The first-order valence-corrected chi connectivity index (χ1v) is 10.1. The second-order valence-electron chi connectivity index (χ2n) is 6.08. The molecule has 146 valence electrons. The van der Waals surface area contributed by atoms with Gasteiger partial charge >= 0.3 is 0 Å². The second kappa shape index (κ2) is 8.30. The van der Waals surface area contributed by atoms with Gasteiger partial charge in [0.05, 0.1) is 32.2 Å². The number of hydrogen-bond donors (Lipinski definition) is 1. The van der Waals surface area contributed by atoms with Crippen LogP contribution in [0.15, 0.2) is 42.5 Å². The Labute approximate surface area is 160 Å². The first kappa shape index (κ1) is 20.6. The van der Waals surface area contributed by atoms with Gasteiger partial charge in [-0.15, -0.1) is 0 Å². The largest absolute Gasteiger partial charge is 0.497 e. The Hall–Kier alpha value is -2.74. The van der Waals surface area contributed by atoms with Gasteiger partial charge in [0, 0.05) is 18.2 Å². The average molecular weight is 392 g/mol. The number of anilines is 1. The Morgan fingerprint density at radius 3 is 2.41 bits per heavy atom. The van der Waals surface area contributed by atoms with Crippen LogP contribution in [0, 0.1) is 0 Å². The van der Waals surface area contributed by atoms with Gasteiger partial charge in [0.2, 0.25) is 10.0 Å². The summed E-state index contributed by atoms with van der Waals surface area (Å²) in [6.07, 6.45) is 1.11. The van der Waals surface area contributed by atoms with Crippen LogP contribution in [-0.2, 0) is 10.0 Å². The Balaban J connectivity index is 2.25. The molecule has 0 fully saturated rings. The topological polar surface area (TPSA) is 84.9 Å². The Morgan fingerprint density at radius 2 is 1.81 bits per heavy atom. The van der Waals surface area contributed by atoms with E-state index in [0.29, 0.717) is 22.7 Å². The van der Waals surface area contributed by atoms with E-state index >= 15 is 0 Å². The van der Waals surface area contributed by atoms with Gasteiger partial charge in [0.1, 0.15) is 11.5 Å². The molecule has 8 heteroatoms. The fourth-order valence-corrected chi connectivity index (χ4v) is 3.07. The molecule has 1 N–H and O–H groups in total. The van der Waals surface area contributed by atoms with Crippen LogP contribution >= 0.6 is 0 Å². The van der Waals surface area contributed by atoms with Gasteiger partial charge in [0.15, 0.2) is 0 Å². The van der Waals surface area contributed by atoms with Crippen LogP contribution in [0.25, 0.3) is 0 Å². The lowest BCUT2D eigenvalue weighted by Crippen LogP contribution is -2.28. The molecule has 27 heavy (non-hydrogen) atoms. The highest BCUT2D eigenvalue weighted by Gasteiger charge is 2.18. The second-order valence-corrected chi connectivity index (χ2v) is 8.10. The Bertz CT molecular complexity index is 927. The molecule has 2 rings (SSSR count). The van der Waals surface area contributed by atoms with Crippen LogP contribution < -0.4 is 19.1 Å². The van der Waals surface area contributed by atoms with Crippen LogP contribution in [0.1, 0.15) is 28.9 Å². The number of ether oxygens (including phenoxy) is 2. The molecule has 0 aromatic heterocycles. The molecule has 0 bridgehead atoms. The Kier molecular flexibility index (Phi) is 6.32. The molecule has 7 nitrogen and oxygen atoms in total. The third kappa shape index (κ3) is 4.91. The fourth-order valence-electron chi connectivity index (χ4n) is 2.57. The summed E-state index contributed by atoms with van der Waals surface area (Å²) in [5.41, 5.74) is 1.54. The number of carbonyl (C=O) groups excluding carboxylic acids is 1. The lowest BCUT2D eigenvalue weighted by molar-refractivity contribution is 0.0939. The van der Waals surface area contributed by atoms with E-state index in [1.54, 1.807) is 50.6 Å². The van der Waals surface area contributed by atoms with Gasteiger partial charge in [-0.3, -0.25) is 9.10 Å². The number of amides is 1. The molecule has 2 aromatic carbocycles. The maximum atomic E-state index is 12.7. The summed E-state index contributed by atoms with van der Waals surface area (Å²) in [4.78, 5) is 12.7.